The number of amidine groups is 1. The van der Waals surface area contributed by atoms with Gasteiger partial charge >= 0.3 is 0 Å². The van der Waals surface area contributed by atoms with Crippen LogP contribution in [-0.4, -0.2) is 10.8 Å². The van der Waals surface area contributed by atoms with Crippen molar-refractivity contribution < 1.29 is 0 Å². The Morgan fingerprint density at radius 1 is 1.39 bits per heavy atom. The molecule has 0 saturated heterocycles. The summed E-state index contributed by atoms with van der Waals surface area (Å²) in [7, 11) is 0. The summed E-state index contributed by atoms with van der Waals surface area (Å²) in [5.74, 6) is 0.0193. The zero-order valence-electron chi connectivity index (χ0n) is 9.15. The minimum Gasteiger partial charge on any atom is -0.384 e. The van der Waals surface area contributed by atoms with Gasteiger partial charge in [-0.2, -0.15) is 0 Å². The fraction of sp³-hybridized carbons (Fsp3) is 0. The molecule has 92 valence electrons. The molecule has 0 aliphatic heterocycles. The van der Waals surface area contributed by atoms with E-state index in [9.17, 15) is 0 Å². The predicted molar refractivity (Wildman–Crippen MR) is 78.5 cm³/mol. The molecule has 0 aliphatic carbocycles. The highest BCUT2D eigenvalue weighted by molar-refractivity contribution is 9.10. The number of hydrogen-bond acceptors (Lipinski definition) is 3. The summed E-state index contributed by atoms with van der Waals surface area (Å²) in [6.45, 7) is 0. The number of nitrogens with two attached hydrogens (primary N) is 1. The number of nitrogens with zero attached hydrogens (tertiary/aromatic N) is 1. The summed E-state index contributed by atoms with van der Waals surface area (Å²) in [5.41, 5.74) is 6.23. The highest BCUT2D eigenvalue weighted by Crippen LogP contribution is 2.34. The number of nitrogens with one attached hydrogen (secondary N) is 1. The van der Waals surface area contributed by atoms with Crippen LogP contribution in [0.25, 0.3) is 0 Å². The Hall–Kier alpha value is -1.04. The Morgan fingerprint density at radius 3 is 2.83 bits per heavy atom. The first-order chi connectivity index (χ1) is 8.58. The Bertz CT molecular complexity index is 604. The van der Waals surface area contributed by atoms with Gasteiger partial charge in [-0.25, -0.2) is 4.98 Å². The van der Waals surface area contributed by atoms with Crippen LogP contribution in [0.5, 0.6) is 0 Å². The van der Waals surface area contributed by atoms with Gasteiger partial charge in [-0.1, -0.05) is 39.3 Å². The molecule has 0 fully saturated rings. The van der Waals surface area contributed by atoms with E-state index in [-0.39, 0.29) is 5.84 Å². The third kappa shape index (κ3) is 3.04. The lowest BCUT2D eigenvalue weighted by atomic mass is 10.2. The average Bonchev–Trinajstić information content (AvgIpc) is 2.34. The van der Waals surface area contributed by atoms with Crippen molar-refractivity contribution in [2.45, 2.75) is 9.92 Å². The van der Waals surface area contributed by atoms with Crippen LogP contribution in [0.1, 0.15) is 5.56 Å². The van der Waals surface area contributed by atoms with Crippen LogP contribution in [0.3, 0.4) is 0 Å². The summed E-state index contributed by atoms with van der Waals surface area (Å²) in [6, 6.07) is 9.15. The molecular formula is C12H9BrClN3S. The minimum atomic E-state index is 0.0193. The van der Waals surface area contributed by atoms with E-state index in [0.29, 0.717) is 15.6 Å². The van der Waals surface area contributed by atoms with E-state index < -0.39 is 0 Å². The number of pyridine rings is 1. The van der Waals surface area contributed by atoms with Crippen molar-refractivity contribution in [3.63, 3.8) is 0 Å². The number of halogens is 2. The Balaban J connectivity index is 2.41. The maximum Gasteiger partial charge on any atom is 0.123 e. The molecule has 0 amide bonds. The van der Waals surface area contributed by atoms with Crippen LogP contribution in [-0.2, 0) is 0 Å². The largest absolute Gasteiger partial charge is 0.384 e. The molecule has 0 saturated carbocycles. The summed E-state index contributed by atoms with van der Waals surface area (Å²) in [6.07, 6.45) is 1.68. The van der Waals surface area contributed by atoms with Crippen molar-refractivity contribution in [3.05, 3.63) is 51.6 Å². The number of nitrogen functional groups attached to an aromatic ring is 1. The SMILES string of the molecule is N=C(N)c1cc(Br)ccc1Sc1ncccc1Cl. The summed E-state index contributed by atoms with van der Waals surface area (Å²) < 4.78 is 0.879. The average molecular weight is 343 g/mol. The van der Waals surface area contributed by atoms with E-state index in [1.807, 2.05) is 18.2 Å². The standard InChI is InChI=1S/C12H9BrClN3S/c13-7-3-4-10(8(6-7)11(15)16)18-12-9(14)2-1-5-17-12/h1-6H,(H3,15,16). The number of rotatable bonds is 3. The fourth-order valence-electron chi connectivity index (χ4n) is 1.35. The lowest BCUT2D eigenvalue weighted by Gasteiger charge is -2.08. The maximum absolute atomic E-state index is 7.58. The molecule has 0 radical (unpaired) electrons. The molecule has 2 rings (SSSR count). The van der Waals surface area contributed by atoms with Gasteiger partial charge in [0.2, 0.25) is 0 Å². The second-order valence-corrected chi connectivity index (χ2v) is 5.80. The molecule has 1 aromatic heterocycles. The van der Waals surface area contributed by atoms with Gasteiger partial charge in [-0.15, -0.1) is 0 Å². The van der Waals surface area contributed by atoms with E-state index in [4.69, 9.17) is 22.7 Å². The second-order valence-electron chi connectivity index (χ2n) is 3.45. The Kier molecular flexibility index (Phi) is 4.27. The van der Waals surface area contributed by atoms with Crippen molar-refractivity contribution in [1.82, 2.24) is 4.98 Å². The highest BCUT2D eigenvalue weighted by Gasteiger charge is 2.10. The fourth-order valence-corrected chi connectivity index (χ4v) is 2.85. The van der Waals surface area contributed by atoms with Gasteiger partial charge in [0.15, 0.2) is 0 Å². The van der Waals surface area contributed by atoms with Gasteiger partial charge in [-0.3, -0.25) is 5.41 Å². The first-order valence-electron chi connectivity index (χ1n) is 5.00. The maximum atomic E-state index is 7.58. The van der Waals surface area contributed by atoms with E-state index in [0.717, 1.165) is 9.37 Å². The smallest absolute Gasteiger partial charge is 0.123 e. The van der Waals surface area contributed by atoms with Crippen molar-refractivity contribution in [2.75, 3.05) is 0 Å². The van der Waals surface area contributed by atoms with Crippen LogP contribution >= 0.6 is 39.3 Å². The van der Waals surface area contributed by atoms with E-state index in [1.165, 1.54) is 11.8 Å². The van der Waals surface area contributed by atoms with Gasteiger partial charge in [0, 0.05) is 21.1 Å². The van der Waals surface area contributed by atoms with Gasteiger partial charge in [-0.05, 0) is 30.3 Å². The molecule has 2 aromatic rings. The van der Waals surface area contributed by atoms with E-state index in [2.05, 4.69) is 20.9 Å². The zero-order chi connectivity index (χ0) is 13.1. The summed E-state index contributed by atoms with van der Waals surface area (Å²) >= 11 is 10.8. The first kappa shape index (κ1) is 13.4. The lowest BCUT2D eigenvalue weighted by Crippen LogP contribution is -2.12. The van der Waals surface area contributed by atoms with Crippen LogP contribution in [0.4, 0.5) is 0 Å². The third-order valence-electron chi connectivity index (χ3n) is 2.16. The molecule has 6 heteroatoms. The Morgan fingerprint density at radius 2 is 2.17 bits per heavy atom. The molecule has 0 atom stereocenters. The molecule has 18 heavy (non-hydrogen) atoms. The molecule has 0 unspecified atom stereocenters. The van der Waals surface area contributed by atoms with Gasteiger partial charge in [0.25, 0.3) is 0 Å². The van der Waals surface area contributed by atoms with Crippen LogP contribution in [0.2, 0.25) is 5.02 Å². The Labute approximate surface area is 122 Å². The molecule has 3 N–H and O–H groups in total. The highest BCUT2D eigenvalue weighted by atomic mass is 79.9. The molecule has 1 heterocycles. The van der Waals surface area contributed by atoms with Crippen LogP contribution in [0, 0.1) is 5.41 Å². The topological polar surface area (TPSA) is 62.8 Å². The van der Waals surface area contributed by atoms with Gasteiger partial charge in [0.1, 0.15) is 10.9 Å². The summed E-state index contributed by atoms with van der Waals surface area (Å²) in [5, 5.41) is 8.86. The van der Waals surface area contributed by atoms with Crippen molar-refractivity contribution in [2.24, 2.45) is 5.73 Å². The van der Waals surface area contributed by atoms with Gasteiger partial charge < -0.3 is 5.73 Å². The van der Waals surface area contributed by atoms with E-state index >= 15 is 0 Å². The lowest BCUT2D eigenvalue weighted by molar-refractivity contribution is 1.13. The minimum absolute atomic E-state index is 0.0193. The molecule has 3 nitrogen and oxygen atoms in total. The molecule has 0 spiro atoms. The monoisotopic (exact) mass is 341 g/mol. The number of benzene rings is 1. The van der Waals surface area contributed by atoms with Gasteiger partial charge in [0.05, 0.1) is 5.02 Å². The van der Waals surface area contributed by atoms with Crippen LogP contribution in [0.15, 0.2) is 50.9 Å². The van der Waals surface area contributed by atoms with Crippen molar-refractivity contribution >= 4 is 45.1 Å². The number of hydrogen-bond donors (Lipinski definition) is 2. The quantitative estimate of drug-likeness (QED) is 0.656. The summed E-state index contributed by atoms with van der Waals surface area (Å²) in [4.78, 5) is 5.06. The third-order valence-corrected chi connectivity index (χ3v) is 4.17. The number of aromatic nitrogens is 1. The molecule has 1 aromatic carbocycles. The van der Waals surface area contributed by atoms with Crippen molar-refractivity contribution in [3.8, 4) is 0 Å². The molecule has 0 bridgehead atoms. The molecule has 0 aliphatic rings. The molecular weight excluding hydrogens is 334 g/mol. The van der Waals surface area contributed by atoms with E-state index in [1.54, 1.807) is 18.3 Å². The first-order valence-corrected chi connectivity index (χ1v) is 6.99. The van der Waals surface area contributed by atoms with Crippen LogP contribution < -0.4 is 5.73 Å². The normalized spacial score (nSPS) is 10.3. The second kappa shape index (κ2) is 5.73. The predicted octanol–water partition coefficient (Wildman–Crippen LogP) is 3.93. The zero-order valence-corrected chi connectivity index (χ0v) is 12.3. The van der Waals surface area contributed by atoms with Crippen molar-refractivity contribution in [1.29, 1.82) is 5.41 Å².